The molecule has 2 heterocycles. The largest absolute Gasteiger partial charge is 0.573 e. The second kappa shape index (κ2) is 9.58. The number of piperazine rings is 1. The van der Waals surface area contributed by atoms with E-state index in [4.69, 9.17) is 0 Å². The lowest BCUT2D eigenvalue weighted by Crippen LogP contribution is -2.49. The van der Waals surface area contributed by atoms with Crippen LogP contribution in [0.2, 0.25) is 0 Å². The van der Waals surface area contributed by atoms with Gasteiger partial charge < -0.3 is 19.9 Å². The molecule has 0 spiro atoms. The second-order valence-electron chi connectivity index (χ2n) is 8.04. The lowest BCUT2D eigenvalue weighted by atomic mass is 10.1. The fourth-order valence-electron chi connectivity index (χ4n) is 3.66. The molecule has 0 aliphatic carbocycles. The summed E-state index contributed by atoms with van der Waals surface area (Å²) in [6.07, 6.45) is -4.81. The molecule has 2 aromatic carbocycles. The molecule has 1 aromatic heterocycles. The first-order valence-corrected chi connectivity index (χ1v) is 10.8. The molecule has 0 bridgehead atoms. The molecule has 1 saturated heterocycles. The Morgan fingerprint density at radius 1 is 0.971 bits per heavy atom. The standard InChI is InChI=1S/C24H24F3N5O2/c1-16-6-8-19(9-7-16)29-21-14-17(2)28-23(30-21)32-12-10-31(11-13-32)22(33)18-4-3-5-20(15-18)34-24(25,26)27/h3-9,14-15H,10-13H2,1-2H3,(H,28,29,30). The Kier molecular flexibility index (Phi) is 6.58. The molecule has 7 nitrogen and oxygen atoms in total. The van der Waals surface area contributed by atoms with E-state index >= 15 is 0 Å². The Labute approximate surface area is 195 Å². The number of ether oxygens (including phenoxy) is 1. The van der Waals surface area contributed by atoms with E-state index in [1.165, 1.54) is 18.2 Å². The van der Waals surface area contributed by atoms with Crippen LogP contribution in [-0.4, -0.2) is 53.3 Å². The van der Waals surface area contributed by atoms with Crippen LogP contribution in [-0.2, 0) is 0 Å². The summed E-state index contributed by atoms with van der Waals surface area (Å²) in [5, 5.41) is 3.29. The van der Waals surface area contributed by atoms with E-state index in [0.717, 1.165) is 23.0 Å². The summed E-state index contributed by atoms with van der Waals surface area (Å²) in [7, 11) is 0. The van der Waals surface area contributed by atoms with Gasteiger partial charge in [-0.3, -0.25) is 4.79 Å². The topological polar surface area (TPSA) is 70.6 Å². The van der Waals surface area contributed by atoms with Crippen LogP contribution in [0.3, 0.4) is 0 Å². The van der Waals surface area contributed by atoms with Gasteiger partial charge in [-0.25, -0.2) is 4.98 Å². The number of aromatic nitrogens is 2. The second-order valence-corrected chi connectivity index (χ2v) is 8.04. The number of anilines is 3. The van der Waals surface area contributed by atoms with Crippen molar-refractivity contribution in [3.05, 3.63) is 71.4 Å². The van der Waals surface area contributed by atoms with Crippen LogP contribution >= 0.6 is 0 Å². The van der Waals surface area contributed by atoms with E-state index in [1.807, 2.05) is 49.1 Å². The monoisotopic (exact) mass is 471 g/mol. The van der Waals surface area contributed by atoms with Gasteiger partial charge >= 0.3 is 6.36 Å². The summed E-state index contributed by atoms with van der Waals surface area (Å²) in [6, 6.07) is 15.0. The van der Waals surface area contributed by atoms with Crippen LogP contribution in [0.1, 0.15) is 21.6 Å². The quantitative estimate of drug-likeness (QED) is 0.582. The number of carbonyl (C=O) groups is 1. The molecule has 34 heavy (non-hydrogen) atoms. The molecule has 1 aliphatic heterocycles. The van der Waals surface area contributed by atoms with Gasteiger partial charge in [0.2, 0.25) is 5.95 Å². The number of aryl methyl sites for hydroxylation is 2. The Balaban J connectivity index is 1.41. The third kappa shape index (κ3) is 5.94. The molecule has 1 fully saturated rings. The zero-order chi connectivity index (χ0) is 24.3. The first-order valence-electron chi connectivity index (χ1n) is 10.8. The summed E-state index contributed by atoms with van der Waals surface area (Å²) in [5.41, 5.74) is 3.03. The van der Waals surface area contributed by atoms with Gasteiger partial charge in [0.15, 0.2) is 0 Å². The van der Waals surface area contributed by atoms with Crippen molar-refractivity contribution in [3.63, 3.8) is 0 Å². The normalized spacial score (nSPS) is 14.1. The maximum atomic E-state index is 12.8. The summed E-state index contributed by atoms with van der Waals surface area (Å²) in [6.45, 7) is 5.69. The number of rotatable bonds is 5. The number of benzene rings is 2. The first kappa shape index (κ1) is 23.3. The van der Waals surface area contributed by atoms with Crippen LogP contribution in [0.25, 0.3) is 0 Å². The van der Waals surface area contributed by atoms with E-state index in [0.29, 0.717) is 37.9 Å². The molecule has 0 atom stereocenters. The van der Waals surface area contributed by atoms with Crippen LogP contribution in [0.4, 0.5) is 30.6 Å². The Morgan fingerprint density at radius 2 is 1.68 bits per heavy atom. The molecule has 1 N–H and O–H groups in total. The van der Waals surface area contributed by atoms with Gasteiger partial charge in [0.05, 0.1) is 0 Å². The van der Waals surface area contributed by atoms with Crippen molar-refractivity contribution >= 4 is 23.4 Å². The van der Waals surface area contributed by atoms with Crippen molar-refractivity contribution in [2.24, 2.45) is 0 Å². The van der Waals surface area contributed by atoms with Crippen molar-refractivity contribution in [2.75, 3.05) is 36.4 Å². The number of carbonyl (C=O) groups excluding carboxylic acids is 1. The molecule has 1 aliphatic rings. The highest BCUT2D eigenvalue weighted by atomic mass is 19.4. The lowest BCUT2D eigenvalue weighted by Gasteiger charge is -2.35. The van der Waals surface area contributed by atoms with E-state index in [-0.39, 0.29) is 11.5 Å². The zero-order valence-corrected chi connectivity index (χ0v) is 18.8. The Morgan fingerprint density at radius 3 is 2.35 bits per heavy atom. The van der Waals surface area contributed by atoms with Crippen LogP contribution in [0.15, 0.2) is 54.6 Å². The van der Waals surface area contributed by atoms with Crippen molar-refractivity contribution in [3.8, 4) is 5.75 Å². The number of alkyl halides is 3. The van der Waals surface area contributed by atoms with Crippen molar-refractivity contribution in [2.45, 2.75) is 20.2 Å². The molecule has 0 unspecified atom stereocenters. The summed E-state index contributed by atoms with van der Waals surface area (Å²) in [5.74, 6) is 0.464. The smallest absolute Gasteiger partial charge is 0.406 e. The van der Waals surface area contributed by atoms with Gasteiger partial charge in [-0.1, -0.05) is 23.8 Å². The minimum Gasteiger partial charge on any atom is -0.406 e. The number of hydrogen-bond acceptors (Lipinski definition) is 6. The predicted octanol–water partition coefficient (Wildman–Crippen LogP) is 4.70. The van der Waals surface area contributed by atoms with Crippen LogP contribution < -0.4 is 15.0 Å². The fourth-order valence-corrected chi connectivity index (χ4v) is 3.66. The summed E-state index contributed by atoms with van der Waals surface area (Å²) in [4.78, 5) is 25.6. The summed E-state index contributed by atoms with van der Waals surface area (Å²) < 4.78 is 41.4. The lowest BCUT2D eigenvalue weighted by molar-refractivity contribution is -0.274. The minimum absolute atomic E-state index is 0.145. The average Bonchev–Trinajstić information content (AvgIpc) is 2.79. The number of nitrogens with zero attached hydrogens (tertiary/aromatic N) is 4. The van der Waals surface area contributed by atoms with E-state index in [9.17, 15) is 18.0 Å². The molecule has 4 rings (SSSR count). The number of amides is 1. The highest BCUT2D eigenvalue weighted by Crippen LogP contribution is 2.25. The van der Waals surface area contributed by atoms with Crippen molar-refractivity contribution in [1.82, 2.24) is 14.9 Å². The maximum absolute atomic E-state index is 12.8. The molecule has 0 radical (unpaired) electrons. The first-order chi connectivity index (χ1) is 16.2. The molecular weight excluding hydrogens is 447 g/mol. The van der Waals surface area contributed by atoms with Crippen LogP contribution in [0.5, 0.6) is 5.75 Å². The number of halogens is 3. The Bertz CT molecular complexity index is 1160. The average molecular weight is 471 g/mol. The predicted molar refractivity (Wildman–Crippen MR) is 122 cm³/mol. The van der Waals surface area contributed by atoms with E-state index < -0.39 is 12.1 Å². The Hall–Kier alpha value is -3.82. The molecule has 178 valence electrons. The maximum Gasteiger partial charge on any atom is 0.573 e. The van der Waals surface area contributed by atoms with Gasteiger partial charge in [-0.2, -0.15) is 4.98 Å². The van der Waals surface area contributed by atoms with Gasteiger partial charge in [-0.15, -0.1) is 13.2 Å². The van der Waals surface area contributed by atoms with Crippen molar-refractivity contribution in [1.29, 1.82) is 0 Å². The molecule has 0 saturated carbocycles. The van der Waals surface area contributed by atoms with E-state index in [2.05, 4.69) is 20.0 Å². The van der Waals surface area contributed by atoms with Gasteiger partial charge in [0.25, 0.3) is 5.91 Å². The van der Waals surface area contributed by atoms with Gasteiger partial charge in [0, 0.05) is 49.2 Å². The SMILES string of the molecule is Cc1ccc(Nc2cc(C)nc(N3CCN(C(=O)c4cccc(OC(F)(F)F)c4)CC3)n2)cc1. The zero-order valence-electron chi connectivity index (χ0n) is 18.8. The highest BCUT2D eigenvalue weighted by Gasteiger charge is 2.31. The third-order valence-corrected chi connectivity index (χ3v) is 5.33. The molecular formula is C24H24F3N5O2. The fraction of sp³-hybridized carbons (Fsp3) is 0.292. The highest BCUT2D eigenvalue weighted by molar-refractivity contribution is 5.94. The molecule has 10 heteroatoms. The minimum atomic E-state index is -4.81. The van der Waals surface area contributed by atoms with Gasteiger partial charge in [0.1, 0.15) is 11.6 Å². The number of nitrogens with one attached hydrogen (secondary N) is 1. The molecule has 1 amide bonds. The van der Waals surface area contributed by atoms with Crippen LogP contribution in [0, 0.1) is 13.8 Å². The summed E-state index contributed by atoms with van der Waals surface area (Å²) >= 11 is 0. The van der Waals surface area contributed by atoms with Gasteiger partial charge in [-0.05, 0) is 44.2 Å². The van der Waals surface area contributed by atoms with Crippen molar-refractivity contribution < 1.29 is 22.7 Å². The van der Waals surface area contributed by atoms with E-state index in [1.54, 1.807) is 4.90 Å². The number of hydrogen-bond donors (Lipinski definition) is 1. The molecule has 3 aromatic rings. The third-order valence-electron chi connectivity index (χ3n) is 5.33.